The van der Waals surface area contributed by atoms with E-state index in [-0.39, 0.29) is 19.4 Å². The minimum atomic E-state index is -4.62. The zero-order valence-electron chi connectivity index (χ0n) is 43.2. The van der Waals surface area contributed by atoms with Crippen LogP contribution in [0.4, 0.5) is 0 Å². The van der Waals surface area contributed by atoms with Crippen LogP contribution >= 0.6 is 7.82 Å². The first-order valence-corrected chi connectivity index (χ1v) is 29.6. The molecule has 3 N–H and O–H groups in total. The van der Waals surface area contributed by atoms with Crippen LogP contribution in [0.3, 0.4) is 0 Å². The van der Waals surface area contributed by atoms with Crippen LogP contribution in [0.25, 0.3) is 0 Å². The van der Waals surface area contributed by atoms with Crippen molar-refractivity contribution in [2.45, 2.75) is 302 Å². The van der Waals surface area contributed by atoms with E-state index in [2.05, 4.69) is 26.0 Å². The number of unbranched alkanes of at least 4 members (excludes halogenated alkanes) is 38. The monoisotopic (exact) mass is 959 g/mol. The Labute approximate surface area is 406 Å². The van der Waals surface area contributed by atoms with Crippen LogP contribution in [0.2, 0.25) is 0 Å². The Bertz CT molecular complexity index is 1100. The van der Waals surface area contributed by atoms with Gasteiger partial charge in [0.15, 0.2) is 6.10 Å². The topological polar surface area (TPSA) is 149 Å². The average Bonchev–Trinajstić information content (AvgIpc) is 3.31. The lowest BCUT2D eigenvalue weighted by molar-refractivity contribution is -0.161. The molecule has 10 nitrogen and oxygen atoms in total. The molecule has 0 saturated heterocycles. The lowest BCUT2D eigenvalue weighted by Crippen LogP contribution is -2.29. The second-order valence-corrected chi connectivity index (χ2v) is 20.8. The zero-order chi connectivity index (χ0) is 48.3. The van der Waals surface area contributed by atoms with E-state index < -0.39 is 51.8 Å². The molecule has 0 fully saturated rings. The molecule has 0 rings (SSSR count). The van der Waals surface area contributed by atoms with Gasteiger partial charge in [0.25, 0.3) is 0 Å². The van der Waals surface area contributed by atoms with Crippen LogP contribution in [0, 0.1) is 0 Å². The number of aliphatic hydroxyl groups is 2. The predicted molar refractivity (Wildman–Crippen MR) is 275 cm³/mol. The standard InChI is InChI=1S/C55H107O10P/c1-3-5-7-9-11-13-15-17-19-21-23-24-25-26-27-29-30-32-34-36-38-40-42-44-46-54(58)62-50-53(51-64-66(60,61)63-49-52(57)48-56)65-55(59)47-45-43-41-39-37-35-33-31-28-22-20-18-16-14-12-10-8-6-4-2/h18,20,52-53,56-57H,3-17,19,21-51H2,1-2H3,(H,60,61)/b20-18-. The first kappa shape index (κ1) is 64.7. The van der Waals surface area contributed by atoms with E-state index in [0.717, 1.165) is 32.1 Å². The molecule has 0 aliphatic heterocycles. The summed E-state index contributed by atoms with van der Waals surface area (Å²) in [7, 11) is -4.62. The summed E-state index contributed by atoms with van der Waals surface area (Å²) < 4.78 is 33.0. The van der Waals surface area contributed by atoms with Crippen molar-refractivity contribution in [1.82, 2.24) is 0 Å². The molecule has 0 spiro atoms. The van der Waals surface area contributed by atoms with E-state index in [1.807, 2.05) is 0 Å². The number of aliphatic hydroxyl groups excluding tert-OH is 2. The number of rotatable bonds is 54. The molecule has 0 heterocycles. The Morgan fingerprint density at radius 3 is 1.09 bits per heavy atom. The van der Waals surface area contributed by atoms with Gasteiger partial charge in [0, 0.05) is 12.8 Å². The predicted octanol–water partition coefficient (Wildman–Crippen LogP) is 16.3. The maximum absolute atomic E-state index is 12.7. The second-order valence-electron chi connectivity index (χ2n) is 19.3. The van der Waals surface area contributed by atoms with Gasteiger partial charge in [-0.25, -0.2) is 4.57 Å². The van der Waals surface area contributed by atoms with Crippen LogP contribution in [-0.2, 0) is 32.7 Å². The molecule has 11 heteroatoms. The van der Waals surface area contributed by atoms with Crippen molar-refractivity contribution >= 4 is 19.8 Å². The molecular weight excluding hydrogens is 852 g/mol. The summed E-state index contributed by atoms with van der Waals surface area (Å²) in [6.07, 6.45) is 54.7. The number of phosphoric acid groups is 1. The van der Waals surface area contributed by atoms with Crippen LogP contribution in [0.5, 0.6) is 0 Å². The highest BCUT2D eigenvalue weighted by Gasteiger charge is 2.27. The van der Waals surface area contributed by atoms with Crippen LogP contribution in [0.1, 0.15) is 290 Å². The van der Waals surface area contributed by atoms with Crippen LogP contribution < -0.4 is 0 Å². The fourth-order valence-electron chi connectivity index (χ4n) is 8.35. The van der Waals surface area contributed by atoms with Crippen LogP contribution in [-0.4, -0.2) is 65.7 Å². The second kappa shape index (κ2) is 51.6. The van der Waals surface area contributed by atoms with Crippen molar-refractivity contribution in [2.75, 3.05) is 26.4 Å². The smallest absolute Gasteiger partial charge is 0.462 e. The fraction of sp³-hybridized carbons (Fsp3) is 0.927. The molecule has 0 aromatic rings. The highest BCUT2D eigenvalue weighted by Crippen LogP contribution is 2.43. The minimum absolute atomic E-state index is 0.187. The maximum atomic E-state index is 12.7. The molecule has 0 aliphatic carbocycles. The first-order valence-electron chi connectivity index (χ1n) is 28.1. The number of ether oxygens (including phenoxy) is 2. The number of carbonyl (C=O) groups excluding carboxylic acids is 2. The van der Waals surface area contributed by atoms with Crippen molar-refractivity contribution in [2.24, 2.45) is 0 Å². The molecule has 0 aliphatic rings. The SMILES string of the molecule is CCCCCCCC/C=C\CCCCCCCCCCCC(=O)OC(COC(=O)CCCCCCCCCCCCCCCCCCCCCCCCCC)COP(=O)(O)OCC(O)CO. The Balaban J connectivity index is 4.06. The third-order valence-corrected chi connectivity index (χ3v) is 13.6. The van der Waals surface area contributed by atoms with Gasteiger partial charge in [-0.2, -0.15) is 0 Å². The Kier molecular flexibility index (Phi) is 50.5. The zero-order valence-corrected chi connectivity index (χ0v) is 44.1. The van der Waals surface area contributed by atoms with Crippen molar-refractivity contribution in [1.29, 1.82) is 0 Å². The van der Waals surface area contributed by atoms with Gasteiger partial charge in [-0.1, -0.05) is 251 Å². The van der Waals surface area contributed by atoms with Crippen molar-refractivity contribution < 1.29 is 47.8 Å². The Hall–Kier alpha value is -1.29. The van der Waals surface area contributed by atoms with E-state index in [0.29, 0.717) is 12.8 Å². The molecule has 392 valence electrons. The number of hydrogen-bond acceptors (Lipinski definition) is 9. The molecule has 3 unspecified atom stereocenters. The number of carbonyl (C=O) groups is 2. The van der Waals surface area contributed by atoms with E-state index in [1.54, 1.807) is 0 Å². The van der Waals surface area contributed by atoms with Gasteiger partial charge in [-0.3, -0.25) is 18.6 Å². The summed E-state index contributed by atoms with van der Waals surface area (Å²) in [5.74, 6) is -0.907. The number of phosphoric ester groups is 1. The van der Waals surface area contributed by atoms with Gasteiger partial charge in [-0.15, -0.1) is 0 Å². The maximum Gasteiger partial charge on any atom is 0.472 e. The summed E-state index contributed by atoms with van der Waals surface area (Å²) >= 11 is 0. The number of allylic oxidation sites excluding steroid dienone is 2. The summed E-state index contributed by atoms with van der Waals surface area (Å²) in [5.41, 5.74) is 0. The van der Waals surface area contributed by atoms with Gasteiger partial charge in [0.2, 0.25) is 0 Å². The number of hydrogen-bond donors (Lipinski definition) is 3. The van der Waals surface area contributed by atoms with E-state index in [4.69, 9.17) is 23.6 Å². The average molecular weight is 959 g/mol. The summed E-state index contributed by atoms with van der Waals surface area (Å²) in [6, 6.07) is 0. The normalized spacial score (nSPS) is 13.6. The fourth-order valence-corrected chi connectivity index (χ4v) is 9.14. The molecule has 3 atom stereocenters. The van der Waals surface area contributed by atoms with Crippen molar-refractivity contribution in [3.63, 3.8) is 0 Å². The highest BCUT2D eigenvalue weighted by molar-refractivity contribution is 7.47. The quantitative estimate of drug-likeness (QED) is 0.0233. The van der Waals surface area contributed by atoms with E-state index >= 15 is 0 Å². The first-order chi connectivity index (χ1) is 32.2. The van der Waals surface area contributed by atoms with Gasteiger partial charge in [0.05, 0.1) is 19.8 Å². The molecule has 0 bridgehead atoms. The molecule has 0 radical (unpaired) electrons. The van der Waals surface area contributed by atoms with Gasteiger partial charge < -0.3 is 24.6 Å². The molecular formula is C55H107O10P. The lowest BCUT2D eigenvalue weighted by atomic mass is 10.0. The van der Waals surface area contributed by atoms with Crippen molar-refractivity contribution in [3.8, 4) is 0 Å². The van der Waals surface area contributed by atoms with Gasteiger partial charge in [0.1, 0.15) is 12.7 Å². The Morgan fingerprint density at radius 2 is 0.742 bits per heavy atom. The summed E-state index contributed by atoms with van der Waals surface area (Å²) in [6.45, 7) is 2.45. The molecule has 0 saturated carbocycles. The molecule has 0 aromatic carbocycles. The van der Waals surface area contributed by atoms with Gasteiger partial charge >= 0.3 is 19.8 Å². The summed E-state index contributed by atoms with van der Waals surface area (Å²) in [4.78, 5) is 35.3. The highest BCUT2D eigenvalue weighted by atomic mass is 31.2. The third-order valence-electron chi connectivity index (χ3n) is 12.7. The Morgan fingerprint density at radius 1 is 0.439 bits per heavy atom. The molecule has 0 aromatic heterocycles. The van der Waals surface area contributed by atoms with Crippen LogP contribution in [0.15, 0.2) is 12.2 Å². The van der Waals surface area contributed by atoms with E-state index in [1.165, 1.54) is 218 Å². The summed E-state index contributed by atoms with van der Waals surface area (Å²) in [5, 5.41) is 18.4. The molecule has 0 amide bonds. The lowest BCUT2D eigenvalue weighted by Gasteiger charge is -2.20. The van der Waals surface area contributed by atoms with E-state index in [9.17, 15) is 24.2 Å². The minimum Gasteiger partial charge on any atom is -0.462 e. The van der Waals surface area contributed by atoms with Gasteiger partial charge in [-0.05, 0) is 38.5 Å². The number of esters is 2. The van der Waals surface area contributed by atoms with Crippen molar-refractivity contribution in [3.05, 3.63) is 12.2 Å². The molecule has 66 heavy (non-hydrogen) atoms. The third kappa shape index (κ3) is 50.6. The largest absolute Gasteiger partial charge is 0.472 e.